The average Bonchev–Trinajstić information content (AvgIpc) is 2.77. The zero-order valence-electron chi connectivity index (χ0n) is 17.0. The first-order valence-electron chi connectivity index (χ1n) is 10.2. The summed E-state index contributed by atoms with van der Waals surface area (Å²) in [5.41, 5.74) is 3.67. The Morgan fingerprint density at radius 3 is 2.39 bits per heavy atom. The van der Waals surface area contributed by atoms with Crippen molar-refractivity contribution in [3.05, 3.63) is 96.3 Å². The predicted octanol–water partition coefficient (Wildman–Crippen LogP) is 4.90. The third kappa shape index (κ3) is 5.42. The van der Waals surface area contributed by atoms with E-state index in [-0.39, 0.29) is 12.1 Å². The number of nitrogens with zero attached hydrogens (tertiary/aromatic N) is 1. The number of carboxylic acid groups (broad SMARTS) is 1. The van der Waals surface area contributed by atoms with Crippen LogP contribution in [0.1, 0.15) is 29.7 Å². The van der Waals surface area contributed by atoms with E-state index in [1.165, 1.54) is 0 Å². The number of nitrogens with one attached hydrogen (secondary N) is 1. The summed E-state index contributed by atoms with van der Waals surface area (Å²) in [5.74, 6) is 1.47. The minimum atomic E-state index is -0.997. The van der Waals surface area contributed by atoms with Crippen LogP contribution in [-0.2, 0) is 6.61 Å². The number of pyridine rings is 1. The van der Waals surface area contributed by atoms with Crippen LogP contribution in [0.3, 0.4) is 0 Å². The maximum atomic E-state index is 10.6. The first kappa shape index (κ1) is 20.5. The van der Waals surface area contributed by atoms with Gasteiger partial charge < -0.3 is 19.9 Å². The van der Waals surface area contributed by atoms with E-state index in [2.05, 4.69) is 16.9 Å². The Morgan fingerprint density at radius 1 is 1.03 bits per heavy atom. The van der Waals surface area contributed by atoms with Crippen molar-refractivity contribution in [1.29, 1.82) is 0 Å². The van der Waals surface area contributed by atoms with E-state index in [0.717, 1.165) is 28.1 Å². The number of rotatable bonds is 8. The largest absolute Gasteiger partial charge is 0.489 e. The quantitative estimate of drug-likeness (QED) is 0.546. The van der Waals surface area contributed by atoms with Gasteiger partial charge in [-0.25, -0.2) is 4.79 Å². The van der Waals surface area contributed by atoms with Crippen LogP contribution in [0.2, 0.25) is 0 Å². The molecule has 0 aliphatic heterocycles. The molecule has 0 saturated heterocycles. The number of amides is 1. The number of hydrogen-bond acceptors (Lipinski definition) is 4. The van der Waals surface area contributed by atoms with Gasteiger partial charge >= 0.3 is 6.09 Å². The highest BCUT2D eigenvalue weighted by Gasteiger charge is 2.32. The first-order valence-corrected chi connectivity index (χ1v) is 10.2. The van der Waals surface area contributed by atoms with Gasteiger partial charge in [-0.15, -0.1) is 0 Å². The van der Waals surface area contributed by atoms with E-state index >= 15 is 0 Å². The molecule has 6 nitrogen and oxygen atoms in total. The van der Waals surface area contributed by atoms with Crippen molar-refractivity contribution in [3.63, 3.8) is 0 Å². The zero-order valence-corrected chi connectivity index (χ0v) is 17.0. The molecule has 31 heavy (non-hydrogen) atoms. The van der Waals surface area contributed by atoms with Gasteiger partial charge in [0.2, 0.25) is 0 Å². The summed E-state index contributed by atoms with van der Waals surface area (Å²) < 4.78 is 11.7. The molecule has 0 bridgehead atoms. The lowest BCUT2D eigenvalue weighted by Crippen LogP contribution is -2.48. The second-order valence-electron chi connectivity index (χ2n) is 7.51. The standard InChI is InChI=1S/C25H24N2O4/c1-17(19-7-9-21(10-8-19)30-16-18-5-3-2-4-6-18)24-12-11-22(15-26-24)31-23-13-20(14-23)27-25(28)29/h2-12,15,20,23,27H,1,13-14,16H2,(H,28,29). The summed E-state index contributed by atoms with van der Waals surface area (Å²) >= 11 is 0. The van der Waals surface area contributed by atoms with Gasteiger partial charge in [-0.05, 0) is 35.4 Å². The molecular formula is C25H24N2O4. The van der Waals surface area contributed by atoms with Crippen LogP contribution in [0.15, 0.2) is 79.5 Å². The molecule has 158 valence electrons. The van der Waals surface area contributed by atoms with Crippen molar-refractivity contribution in [2.75, 3.05) is 0 Å². The van der Waals surface area contributed by atoms with Gasteiger partial charge in [0.1, 0.15) is 24.2 Å². The predicted molar refractivity (Wildman–Crippen MR) is 118 cm³/mol. The summed E-state index contributed by atoms with van der Waals surface area (Å²) in [5, 5.41) is 11.2. The van der Waals surface area contributed by atoms with Crippen LogP contribution in [-0.4, -0.2) is 28.3 Å². The van der Waals surface area contributed by atoms with E-state index in [4.69, 9.17) is 14.6 Å². The van der Waals surface area contributed by atoms with Gasteiger partial charge in [0.25, 0.3) is 0 Å². The SMILES string of the molecule is C=C(c1ccc(OCc2ccccc2)cc1)c1ccc(OC2CC(NC(=O)O)C2)cn1. The Balaban J connectivity index is 1.29. The lowest BCUT2D eigenvalue weighted by atomic mass is 9.89. The Kier molecular flexibility index (Phi) is 6.17. The number of aromatic nitrogens is 1. The summed E-state index contributed by atoms with van der Waals surface area (Å²) in [6.45, 7) is 4.69. The molecule has 0 unspecified atom stereocenters. The molecule has 6 heteroatoms. The lowest BCUT2D eigenvalue weighted by Gasteiger charge is -2.34. The monoisotopic (exact) mass is 416 g/mol. The number of ether oxygens (including phenoxy) is 2. The topological polar surface area (TPSA) is 80.7 Å². The van der Waals surface area contributed by atoms with Crippen molar-refractivity contribution in [3.8, 4) is 11.5 Å². The van der Waals surface area contributed by atoms with Crippen LogP contribution in [0.25, 0.3) is 5.57 Å². The molecule has 0 atom stereocenters. The Morgan fingerprint density at radius 2 is 1.74 bits per heavy atom. The molecule has 3 aromatic rings. The number of carbonyl (C=O) groups is 1. The molecule has 1 fully saturated rings. The number of benzene rings is 2. The molecular weight excluding hydrogens is 392 g/mol. The molecule has 1 aliphatic rings. The van der Waals surface area contributed by atoms with Crippen LogP contribution in [0.5, 0.6) is 11.5 Å². The van der Waals surface area contributed by atoms with E-state index < -0.39 is 6.09 Å². The van der Waals surface area contributed by atoms with Crippen LogP contribution in [0, 0.1) is 0 Å². The highest BCUT2D eigenvalue weighted by atomic mass is 16.5. The van der Waals surface area contributed by atoms with Gasteiger partial charge in [0, 0.05) is 24.5 Å². The Hall–Kier alpha value is -3.80. The van der Waals surface area contributed by atoms with Gasteiger partial charge in [-0.2, -0.15) is 0 Å². The Labute approximate surface area is 181 Å². The second kappa shape index (κ2) is 9.34. The van der Waals surface area contributed by atoms with Gasteiger partial charge in [-0.1, -0.05) is 49.0 Å². The molecule has 1 aliphatic carbocycles. The van der Waals surface area contributed by atoms with E-state index in [1.807, 2.05) is 66.7 Å². The fraction of sp³-hybridized carbons (Fsp3) is 0.200. The molecule has 1 amide bonds. The van der Waals surface area contributed by atoms with E-state index in [1.54, 1.807) is 6.20 Å². The third-order valence-electron chi connectivity index (χ3n) is 5.22. The van der Waals surface area contributed by atoms with Gasteiger partial charge in [0.15, 0.2) is 0 Å². The fourth-order valence-corrected chi connectivity index (χ4v) is 3.42. The van der Waals surface area contributed by atoms with Crippen molar-refractivity contribution in [2.45, 2.75) is 31.6 Å². The fourth-order valence-electron chi connectivity index (χ4n) is 3.42. The maximum Gasteiger partial charge on any atom is 0.404 e. The lowest BCUT2D eigenvalue weighted by molar-refractivity contribution is 0.0830. The van der Waals surface area contributed by atoms with Crippen molar-refractivity contribution in [1.82, 2.24) is 10.3 Å². The third-order valence-corrected chi connectivity index (χ3v) is 5.22. The van der Waals surface area contributed by atoms with Gasteiger partial charge in [-0.3, -0.25) is 4.98 Å². The summed E-state index contributed by atoms with van der Waals surface area (Å²) in [7, 11) is 0. The molecule has 0 radical (unpaired) electrons. The Bertz CT molecular complexity index is 1030. The summed E-state index contributed by atoms with van der Waals surface area (Å²) in [4.78, 5) is 15.1. The molecule has 2 N–H and O–H groups in total. The minimum Gasteiger partial charge on any atom is -0.489 e. The van der Waals surface area contributed by atoms with Crippen molar-refractivity contribution < 1.29 is 19.4 Å². The zero-order chi connectivity index (χ0) is 21.6. The second-order valence-corrected chi connectivity index (χ2v) is 7.51. The van der Waals surface area contributed by atoms with Crippen molar-refractivity contribution >= 4 is 11.7 Å². The molecule has 2 aromatic carbocycles. The molecule has 1 aromatic heterocycles. The van der Waals surface area contributed by atoms with Crippen LogP contribution in [0.4, 0.5) is 4.79 Å². The average molecular weight is 416 g/mol. The molecule has 0 spiro atoms. The number of hydrogen-bond donors (Lipinski definition) is 2. The highest BCUT2D eigenvalue weighted by Crippen LogP contribution is 2.27. The van der Waals surface area contributed by atoms with Gasteiger partial charge in [0.05, 0.1) is 11.9 Å². The molecule has 1 heterocycles. The molecule has 4 rings (SSSR count). The molecule has 1 saturated carbocycles. The maximum absolute atomic E-state index is 10.6. The normalized spacial score (nSPS) is 17.3. The smallest absolute Gasteiger partial charge is 0.404 e. The minimum absolute atomic E-state index is 0.0103. The summed E-state index contributed by atoms with van der Waals surface area (Å²) in [6, 6.07) is 21.6. The van der Waals surface area contributed by atoms with E-state index in [0.29, 0.717) is 25.2 Å². The van der Waals surface area contributed by atoms with Crippen LogP contribution >= 0.6 is 0 Å². The first-order chi connectivity index (χ1) is 15.1. The highest BCUT2D eigenvalue weighted by molar-refractivity contribution is 5.76. The van der Waals surface area contributed by atoms with Crippen molar-refractivity contribution in [2.24, 2.45) is 0 Å². The summed E-state index contributed by atoms with van der Waals surface area (Å²) in [6.07, 6.45) is 2.02. The van der Waals surface area contributed by atoms with E-state index in [9.17, 15) is 4.79 Å². The van der Waals surface area contributed by atoms with Crippen LogP contribution < -0.4 is 14.8 Å².